The average molecular weight is 349 g/mol. The van der Waals surface area contributed by atoms with Gasteiger partial charge in [0.2, 0.25) is 5.91 Å². The molecule has 2 rings (SSSR count). The van der Waals surface area contributed by atoms with Crippen LogP contribution < -0.4 is 4.90 Å². The van der Waals surface area contributed by atoms with Crippen molar-refractivity contribution in [1.82, 2.24) is 9.80 Å². The van der Waals surface area contributed by atoms with Gasteiger partial charge < -0.3 is 9.80 Å². The lowest BCUT2D eigenvalue weighted by molar-refractivity contribution is -0.134. The van der Waals surface area contributed by atoms with Crippen LogP contribution in [-0.2, 0) is 4.79 Å². The Morgan fingerprint density at radius 2 is 1.96 bits per heavy atom. The van der Waals surface area contributed by atoms with Crippen LogP contribution in [0.15, 0.2) is 18.2 Å². The van der Waals surface area contributed by atoms with Crippen molar-refractivity contribution in [3.8, 4) is 6.07 Å². The van der Waals surface area contributed by atoms with Crippen LogP contribution in [0.1, 0.15) is 19.4 Å². The summed E-state index contributed by atoms with van der Waals surface area (Å²) in [6, 6.07) is 8.11. The number of nitrogens with zero attached hydrogens (tertiary/aromatic N) is 4. The van der Waals surface area contributed by atoms with E-state index in [-0.39, 0.29) is 5.91 Å². The zero-order chi connectivity index (χ0) is 17.9. The third kappa shape index (κ3) is 4.19. The third-order valence-electron chi connectivity index (χ3n) is 4.73. The number of hydrogen-bond donors (Lipinski definition) is 0. The molecule has 0 bridgehead atoms. The summed E-state index contributed by atoms with van der Waals surface area (Å²) in [4.78, 5) is 18.3. The largest absolute Gasteiger partial charge is 0.369 e. The molecule has 5 nitrogen and oxygen atoms in total. The van der Waals surface area contributed by atoms with Gasteiger partial charge in [0, 0.05) is 43.9 Å². The van der Waals surface area contributed by atoms with Gasteiger partial charge in [0.1, 0.15) is 5.54 Å². The summed E-state index contributed by atoms with van der Waals surface area (Å²) in [7, 11) is 1.69. The van der Waals surface area contributed by atoms with E-state index in [0.29, 0.717) is 6.54 Å². The van der Waals surface area contributed by atoms with E-state index in [0.717, 1.165) is 36.9 Å². The highest BCUT2D eigenvalue weighted by atomic mass is 35.5. The van der Waals surface area contributed by atoms with E-state index in [1.165, 1.54) is 10.5 Å². The van der Waals surface area contributed by atoms with Crippen molar-refractivity contribution < 1.29 is 4.79 Å². The molecule has 1 saturated heterocycles. The zero-order valence-corrected chi connectivity index (χ0v) is 15.6. The van der Waals surface area contributed by atoms with Gasteiger partial charge in [-0.3, -0.25) is 9.69 Å². The first-order chi connectivity index (χ1) is 11.2. The Morgan fingerprint density at radius 1 is 1.33 bits per heavy atom. The number of piperazine rings is 1. The molecule has 0 aliphatic carbocycles. The van der Waals surface area contributed by atoms with E-state index in [9.17, 15) is 4.79 Å². The van der Waals surface area contributed by atoms with Crippen molar-refractivity contribution in [3.05, 3.63) is 28.8 Å². The maximum Gasteiger partial charge on any atom is 0.237 e. The Hall–Kier alpha value is -1.77. The average Bonchev–Trinajstić information content (AvgIpc) is 2.57. The van der Waals surface area contributed by atoms with Crippen molar-refractivity contribution in [2.45, 2.75) is 26.3 Å². The quantitative estimate of drug-likeness (QED) is 0.839. The van der Waals surface area contributed by atoms with Crippen LogP contribution in [0.25, 0.3) is 0 Å². The minimum Gasteiger partial charge on any atom is -0.369 e. The standard InChI is InChI=1S/C18H25ClN4O/c1-14-5-6-15(19)11-16(14)23-9-7-22(8-10-23)12-17(24)21(4)18(2,3)13-20/h5-6,11H,7-10,12H2,1-4H3. The van der Waals surface area contributed by atoms with E-state index in [4.69, 9.17) is 16.9 Å². The number of nitriles is 1. The van der Waals surface area contributed by atoms with Gasteiger partial charge in [0.05, 0.1) is 12.6 Å². The second kappa shape index (κ2) is 7.42. The van der Waals surface area contributed by atoms with Gasteiger partial charge in [-0.1, -0.05) is 17.7 Å². The summed E-state index contributed by atoms with van der Waals surface area (Å²) in [6.45, 7) is 9.30. The second-order valence-corrected chi connectivity index (χ2v) is 7.25. The van der Waals surface area contributed by atoms with Gasteiger partial charge in [0.15, 0.2) is 0 Å². The number of rotatable bonds is 4. The monoisotopic (exact) mass is 348 g/mol. The molecule has 24 heavy (non-hydrogen) atoms. The minimum atomic E-state index is -0.781. The number of anilines is 1. The van der Waals surface area contributed by atoms with Gasteiger partial charge in [-0.05, 0) is 38.5 Å². The Balaban J connectivity index is 1.93. The zero-order valence-electron chi connectivity index (χ0n) is 14.8. The van der Waals surface area contributed by atoms with Crippen LogP contribution in [0, 0.1) is 18.3 Å². The van der Waals surface area contributed by atoms with Gasteiger partial charge in [0.25, 0.3) is 0 Å². The molecule has 0 unspecified atom stereocenters. The molecule has 1 aromatic rings. The fourth-order valence-electron chi connectivity index (χ4n) is 2.75. The molecule has 130 valence electrons. The number of halogens is 1. The molecule has 0 saturated carbocycles. The lowest BCUT2D eigenvalue weighted by atomic mass is 10.1. The predicted octanol–water partition coefficient (Wildman–Crippen LogP) is 2.53. The minimum absolute atomic E-state index is 0.0195. The van der Waals surface area contributed by atoms with E-state index in [1.807, 2.05) is 18.2 Å². The van der Waals surface area contributed by atoms with Crippen LogP contribution in [0.5, 0.6) is 0 Å². The molecule has 0 atom stereocenters. The third-order valence-corrected chi connectivity index (χ3v) is 4.96. The number of benzene rings is 1. The van der Waals surface area contributed by atoms with Crippen LogP contribution in [-0.4, -0.2) is 61.0 Å². The molecule has 1 heterocycles. The molecular formula is C18H25ClN4O. The van der Waals surface area contributed by atoms with Crippen molar-refractivity contribution >= 4 is 23.2 Å². The van der Waals surface area contributed by atoms with Gasteiger partial charge >= 0.3 is 0 Å². The van der Waals surface area contributed by atoms with Crippen LogP contribution in [0.2, 0.25) is 5.02 Å². The Labute approximate surface area is 149 Å². The van der Waals surface area contributed by atoms with E-state index in [2.05, 4.69) is 22.8 Å². The summed E-state index contributed by atoms with van der Waals surface area (Å²) in [6.07, 6.45) is 0. The first kappa shape index (κ1) is 18.6. The predicted molar refractivity (Wildman–Crippen MR) is 97.3 cm³/mol. The molecule has 0 N–H and O–H groups in total. The van der Waals surface area contributed by atoms with Crippen molar-refractivity contribution in [3.63, 3.8) is 0 Å². The number of aryl methyl sites for hydroxylation is 1. The fourth-order valence-corrected chi connectivity index (χ4v) is 2.92. The van der Waals surface area contributed by atoms with E-state index in [1.54, 1.807) is 20.9 Å². The first-order valence-electron chi connectivity index (χ1n) is 8.16. The van der Waals surface area contributed by atoms with Crippen LogP contribution in [0.4, 0.5) is 5.69 Å². The van der Waals surface area contributed by atoms with Crippen LogP contribution >= 0.6 is 11.6 Å². The van der Waals surface area contributed by atoms with Gasteiger partial charge in [-0.15, -0.1) is 0 Å². The Morgan fingerprint density at radius 3 is 2.54 bits per heavy atom. The number of carbonyl (C=O) groups is 1. The van der Waals surface area contributed by atoms with Crippen molar-refractivity contribution in [1.29, 1.82) is 5.26 Å². The molecule has 0 radical (unpaired) electrons. The SMILES string of the molecule is Cc1ccc(Cl)cc1N1CCN(CC(=O)N(C)C(C)(C)C#N)CC1. The number of likely N-dealkylation sites (N-methyl/N-ethyl adjacent to an activating group) is 1. The molecule has 1 aliphatic rings. The maximum absolute atomic E-state index is 12.4. The second-order valence-electron chi connectivity index (χ2n) is 6.82. The van der Waals surface area contributed by atoms with Gasteiger partial charge in [-0.2, -0.15) is 5.26 Å². The number of carbonyl (C=O) groups excluding carboxylic acids is 1. The molecule has 1 amide bonds. The fraction of sp³-hybridized carbons (Fsp3) is 0.556. The first-order valence-corrected chi connectivity index (χ1v) is 8.54. The summed E-state index contributed by atoms with van der Waals surface area (Å²) in [5.74, 6) is -0.0195. The van der Waals surface area contributed by atoms with E-state index < -0.39 is 5.54 Å². The summed E-state index contributed by atoms with van der Waals surface area (Å²) in [5, 5.41) is 9.90. The highest BCUT2D eigenvalue weighted by Gasteiger charge is 2.29. The molecule has 6 heteroatoms. The molecule has 1 fully saturated rings. The molecule has 1 aromatic carbocycles. The summed E-state index contributed by atoms with van der Waals surface area (Å²) >= 11 is 6.11. The lowest BCUT2D eigenvalue weighted by Gasteiger charge is -2.38. The molecule has 1 aliphatic heterocycles. The summed E-state index contributed by atoms with van der Waals surface area (Å²) < 4.78 is 0. The van der Waals surface area contributed by atoms with Crippen LogP contribution in [0.3, 0.4) is 0 Å². The van der Waals surface area contributed by atoms with Gasteiger partial charge in [-0.25, -0.2) is 0 Å². The number of amides is 1. The summed E-state index contributed by atoms with van der Waals surface area (Å²) in [5.41, 5.74) is 1.59. The number of hydrogen-bond acceptors (Lipinski definition) is 4. The Bertz CT molecular complexity index is 645. The van der Waals surface area contributed by atoms with Crippen molar-refractivity contribution in [2.24, 2.45) is 0 Å². The molecular weight excluding hydrogens is 324 g/mol. The smallest absolute Gasteiger partial charge is 0.237 e. The normalized spacial score (nSPS) is 15.9. The Kier molecular flexibility index (Phi) is 5.74. The van der Waals surface area contributed by atoms with E-state index >= 15 is 0 Å². The highest BCUT2D eigenvalue weighted by Crippen LogP contribution is 2.25. The maximum atomic E-state index is 12.4. The molecule has 0 spiro atoms. The topological polar surface area (TPSA) is 50.6 Å². The lowest BCUT2D eigenvalue weighted by Crippen LogP contribution is -2.52. The molecule has 0 aromatic heterocycles. The van der Waals surface area contributed by atoms with Crippen molar-refractivity contribution in [2.75, 3.05) is 44.7 Å². The highest BCUT2D eigenvalue weighted by molar-refractivity contribution is 6.30.